The van der Waals surface area contributed by atoms with Crippen LogP contribution >= 0.6 is 0 Å². The number of aliphatic hydroxyl groups is 1. The van der Waals surface area contributed by atoms with E-state index in [0.29, 0.717) is 12.8 Å². The molecule has 0 amide bonds. The Hall–Kier alpha value is -0.493. The van der Waals surface area contributed by atoms with Crippen LogP contribution in [0, 0.1) is 0 Å². The fraction of sp³-hybridized carbons (Fsp3) is 0.800. The van der Waals surface area contributed by atoms with E-state index in [0.717, 1.165) is 0 Å². The van der Waals surface area contributed by atoms with Crippen molar-refractivity contribution in [1.29, 1.82) is 0 Å². The SMILES string of the molecule is C=CC[C@]12O[C@H](CC1=O)[C@@H](O[Si](C)(C)C(C)(C)C)[C@@H]2O. The molecule has 2 aliphatic heterocycles. The van der Waals surface area contributed by atoms with E-state index in [2.05, 4.69) is 40.4 Å². The number of ketones is 1. The average Bonchev–Trinajstić information content (AvgIpc) is 2.73. The van der Waals surface area contributed by atoms with Gasteiger partial charge >= 0.3 is 0 Å². The number of carbonyl (C=O) groups excluding carboxylic acids is 1. The Bertz CT molecular complexity index is 426. The highest BCUT2D eigenvalue weighted by Crippen LogP contribution is 2.48. The first-order valence-corrected chi connectivity index (χ1v) is 10.1. The van der Waals surface area contributed by atoms with Crippen molar-refractivity contribution < 1.29 is 19.1 Å². The van der Waals surface area contributed by atoms with Gasteiger partial charge < -0.3 is 14.3 Å². The molecule has 2 bridgehead atoms. The van der Waals surface area contributed by atoms with Crippen molar-refractivity contribution in [1.82, 2.24) is 0 Å². The summed E-state index contributed by atoms with van der Waals surface area (Å²) in [6.45, 7) is 14.4. The molecule has 0 aromatic heterocycles. The second-order valence-electron chi connectivity index (χ2n) is 7.45. The van der Waals surface area contributed by atoms with Gasteiger partial charge in [-0.25, -0.2) is 0 Å². The van der Waals surface area contributed by atoms with Crippen LogP contribution in [0.4, 0.5) is 0 Å². The zero-order valence-electron chi connectivity index (χ0n) is 13.1. The average molecular weight is 298 g/mol. The summed E-state index contributed by atoms with van der Waals surface area (Å²) in [6.07, 6.45) is 0.726. The summed E-state index contributed by atoms with van der Waals surface area (Å²) in [5, 5.41) is 10.6. The largest absolute Gasteiger partial charge is 0.408 e. The fourth-order valence-electron chi connectivity index (χ4n) is 2.77. The zero-order valence-corrected chi connectivity index (χ0v) is 14.1. The van der Waals surface area contributed by atoms with E-state index in [4.69, 9.17) is 9.16 Å². The molecule has 0 saturated carbocycles. The lowest BCUT2D eigenvalue weighted by Gasteiger charge is -2.41. The van der Waals surface area contributed by atoms with E-state index in [1.807, 2.05) is 0 Å². The lowest BCUT2D eigenvalue weighted by molar-refractivity contribution is -0.139. The van der Waals surface area contributed by atoms with Gasteiger partial charge in [0.1, 0.15) is 12.2 Å². The monoisotopic (exact) mass is 298 g/mol. The molecule has 2 aliphatic rings. The van der Waals surface area contributed by atoms with Crippen LogP contribution in [-0.2, 0) is 14.0 Å². The molecule has 5 heteroatoms. The first kappa shape index (κ1) is 15.9. The number of hydrogen-bond acceptors (Lipinski definition) is 4. The maximum Gasteiger partial charge on any atom is 0.192 e. The molecular weight excluding hydrogens is 272 g/mol. The second-order valence-corrected chi connectivity index (χ2v) is 12.2. The van der Waals surface area contributed by atoms with E-state index in [9.17, 15) is 9.90 Å². The van der Waals surface area contributed by atoms with Gasteiger partial charge in [-0.1, -0.05) is 26.8 Å². The van der Waals surface area contributed by atoms with E-state index < -0.39 is 26.1 Å². The molecule has 20 heavy (non-hydrogen) atoms. The highest BCUT2D eigenvalue weighted by atomic mass is 28.4. The normalized spacial score (nSPS) is 37.5. The Morgan fingerprint density at radius 1 is 1.55 bits per heavy atom. The van der Waals surface area contributed by atoms with Crippen LogP contribution in [0.3, 0.4) is 0 Å². The van der Waals surface area contributed by atoms with Gasteiger partial charge in [0.05, 0.1) is 6.10 Å². The fourth-order valence-corrected chi connectivity index (χ4v) is 4.09. The summed E-state index contributed by atoms with van der Waals surface area (Å²) in [4.78, 5) is 12.1. The molecule has 0 aliphatic carbocycles. The number of rotatable bonds is 4. The van der Waals surface area contributed by atoms with Crippen LogP contribution in [0.5, 0.6) is 0 Å². The predicted octanol–water partition coefficient (Wildman–Crippen LogP) is 2.42. The van der Waals surface area contributed by atoms with Gasteiger partial charge in [-0.3, -0.25) is 4.79 Å². The van der Waals surface area contributed by atoms with Crippen molar-refractivity contribution in [2.75, 3.05) is 0 Å². The van der Waals surface area contributed by atoms with Gasteiger partial charge in [0.15, 0.2) is 19.7 Å². The topological polar surface area (TPSA) is 55.8 Å². The van der Waals surface area contributed by atoms with E-state index in [-0.39, 0.29) is 16.9 Å². The molecule has 2 heterocycles. The van der Waals surface area contributed by atoms with Gasteiger partial charge in [-0.2, -0.15) is 0 Å². The molecular formula is C15H26O4Si. The molecule has 4 nitrogen and oxygen atoms in total. The highest BCUT2D eigenvalue weighted by Gasteiger charge is 2.65. The van der Waals surface area contributed by atoms with Crippen molar-refractivity contribution in [3.8, 4) is 0 Å². The molecule has 114 valence electrons. The van der Waals surface area contributed by atoms with Gasteiger partial charge in [0, 0.05) is 12.8 Å². The van der Waals surface area contributed by atoms with Crippen LogP contribution in [0.2, 0.25) is 18.1 Å². The number of hydrogen-bond donors (Lipinski definition) is 1. The van der Waals surface area contributed by atoms with Crippen molar-refractivity contribution >= 4 is 14.1 Å². The van der Waals surface area contributed by atoms with Crippen molar-refractivity contribution in [3.05, 3.63) is 12.7 Å². The molecule has 0 unspecified atom stereocenters. The molecule has 0 aromatic rings. The Labute approximate surface area is 122 Å². The minimum atomic E-state index is -2.00. The maximum absolute atomic E-state index is 12.1. The zero-order chi connectivity index (χ0) is 15.3. The van der Waals surface area contributed by atoms with Crippen molar-refractivity contribution in [2.24, 2.45) is 0 Å². The molecule has 0 radical (unpaired) electrons. The summed E-state index contributed by atoms with van der Waals surface area (Å²) < 4.78 is 12.1. The van der Waals surface area contributed by atoms with Crippen LogP contribution in [0.25, 0.3) is 0 Å². The Morgan fingerprint density at radius 2 is 2.15 bits per heavy atom. The second kappa shape index (κ2) is 4.76. The van der Waals surface area contributed by atoms with Crippen molar-refractivity contribution in [2.45, 2.75) is 75.7 Å². The molecule has 1 N–H and O–H groups in total. The third-order valence-corrected chi connectivity index (χ3v) is 9.53. The lowest BCUT2D eigenvalue weighted by atomic mass is 9.81. The number of aliphatic hydroxyl groups excluding tert-OH is 1. The first-order chi connectivity index (χ1) is 9.05. The van der Waals surface area contributed by atoms with Crippen LogP contribution in [0.1, 0.15) is 33.6 Å². The van der Waals surface area contributed by atoms with Crippen LogP contribution in [0.15, 0.2) is 12.7 Å². The molecule has 2 fully saturated rings. The van der Waals surface area contributed by atoms with E-state index in [1.165, 1.54) is 0 Å². The van der Waals surface area contributed by atoms with Gasteiger partial charge in [-0.05, 0) is 18.1 Å². The Kier molecular flexibility index (Phi) is 3.78. The minimum absolute atomic E-state index is 0.0232. The molecule has 0 spiro atoms. The quantitative estimate of drug-likeness (QED) is 0.640. The summed E-state index contributed by atoms with van der Waals surface area (Å²) in [6, 6.07) is 0. The summed E-state index contributed by atoms with van der Waals surface area (Å²) in [5.74, 6) is -0.0232. The number of carbonyl (C=O) groups is 1. The summed E-state index contributed by atoms with van der Waals surface area (Å²) in [7, 11) is -2.00. The molecule has 2 saturated heterocycles. The van der Waals surface area contributed by atoms with E-state index >= 15 is 0 Å². The summed E-state index contributed by atoms with van der Waals surface area (Å²) >= 11 is 0. The molecule has 0 aromatic carbocycles. The van der Waals surface area contributed by atoms with Crippen LogP contribution < -0.4 is 0 Å². The standard InChI is InChI=1S/C15H26O4Si/c1-7-8-15-11(16)9-10(18-15)12(13(15)17)19-20(5,6)14(2,3)4/h7,10,12-13,17H,1,8-9H2,2-6H3/t10-,12-,13+,15+/m1/s1. The smallest absolute Gasteiger partial charge is 0.192 e. The minimum Gasteiger partial charge on any atom is -0.408 e. The maximum atomic E-state index is 12.1. The number of ether oxygens (including phenoxy) is 1. The number of Topliss-reactive ketones (excluding diaryl/α,β-unsaturated/α-hetero) is 1. The highest BCUT2D eigenvalue weighted by molar-refractivity contribution is 6.74. The number of fused-ring (bicyclic) bond motifs is 2. The van der Waals surface area contributed by atoms with Gasteiger partial charge in [0.2, 0.25) is 0 Å². The van der Waals surface area contributed by atoms with Gasteiger partial charge in [0.25, 0.3) is 0 Å². The third kappa shape index (κ3) is 2.21. The Morgan fingerprint density at radius 3 is 2.65 bits per heavy atom. The predicted molar refractivity (Wildman–Crippen MR) is 80.1 cm³/mol. The molecule has 2 rings (SSSR count). The first-order valence-electron chi connectivity index (χ1n) is 7.23. The third-order valence-electron chi connectivity index (χ3n) is 5.06. The van der Waals surface area contributed by atoms with Crippen LogP contribution in [-0.4, -0.2) is 43.1 Å². The van der Waals surface area contributed by atoms with Crippen molar-refractivity contribution in [3.63, 3.8) is 0 Å². The Balaban J connectivity index is 2.21. The van der Waals surface area contributed by atoms with E-state index in [1.54, 1.807) is 6.08 Å². The molecule has 4 atom stereocenters. The van der Waals surface area contributed by atoms with Gasteiger partial charge in [-0.15, -0.1) is 6.58 Å². The summed E-state index contributed by atoms with van der Waals surface area (Å²) in [5.41, 5.74) is -1.11. The lowest BCUT2D eigenvalue weighted by Crippen LogP contribution is -2.56.